The first-order chi connectivity index (χ1) is 8.08. The Morgan fingerprint density at radius 1 is 1.29 bits per heavy atom. The number of thioether (sulfide) groups is 1. The summed E-state index contributed by atoms with van der Waals surface area (Å²) >= 11 is 1.24. The fourth-order valence-electron chi connectivity index (χ4n) is 1.26. The number of carbonyl (C=O) groups excluding carboxylic acids is 1. The second-order valence-corrected chi connectivity index (χ2v) is 4.55. The Kier molecular flexibility index (Phi) is 5.15. The lowest BCUT2D eigenvalue weighted by atomic mass is 10.2. The molecule has 94 valence electrons. The molecule has 0 aliphatic carbocycles. The molecule has 1 amide bonds. The second kappa shape index (κ2) is 6.39. The molecule has 1 rings (SSSR count). The van der Waals surface area contributed by atoms with Gasteiger partial charge in [0.25, 0.3) is 5.24 Å². The summed E-state index contributed by atoms with van der Waals surface area (Å²) < 4.78 is 10.4. The van der Waals surface area contributed by atoms with Gasteiger partial charge in [0.15, 0.2) is 0 Å². The first-order valence-electron chi connectivity index (χ1n) is 5.13. The molecule has 0 radical (unpaired) electrons. The molecule has 0 heterocycles. The van der Waals surface area contributed by atoms with Gasteiger partial charge in [0.1, 0.15) is 11.5 Å². The van der Waals surface area contributed by atoms with Crippen LogP contribution >= 0.6 is 11.8 Å². The maximum atomic E-state index is 11.5. The van der Waals surface area contributed by atoms with Crippen LogP contribution < -0.4 is 9.47 Å². The molecule has 0 aliphatic rings. The summed E-state index contributed by atoms with van der Waals surface area (Å²) in [6.07, 6.45) is 0. The van der Waals surface area contributed by atoms with E-state index in [2.05, 4.69) is 0 Å². The predicted octanol–water partition coefficient (Wildman–Crippen LogP) is 2.62. The molecular weight excluding hydrogens is 238 g/mol. The topological polar surface area (TPSA) is 38.8 Å². The molecule has 0 fully saturated rings. The molecule has 0 bridgehead atoms. The van der Waals surface area contributed by atoms with E-state index in [1.165, 1.54) is 11.8 Å². The van der Waals surface area contributed by atoms with Crippen LogP contribution in [0.3, 0.4) is 0 Å². The summed E-state index contributed by atoms with van der Waals surface area (Å²) in [5, 5.41) is 0.0230. The summed E-state index contributed by atoms with van der Waals surface area (Å²) in [6, 6.07) is 5.56. The van der Waals surface area contributed by atoms with E-state index in [4.69, 9.17) is 9.47 Å². The number of hydrogen-bond donors (Lipinski definition) is 0. The maximum Gasteiger partial charge on any atom is 0.281 e. The Balaban J connectivity index is 2.77. The van der Waals surface area contributed by atoms with Gasteiger partial charge in [-0.15, -0.1) is 0 Å². The van der Waals surface area contributed by atoms with Crippen molar-refractivity contribution in [3.8, 4) is 11.5 Å². The van der Waals surface area contributed by atoms with E-state index in [-0.39, 0.29) is 5.24 Å². The normalized spacial score (nSPS) is 9.88. The lowest BCUT2D eigenvalue weighted by Crippen LogP contribution is -2.16. The first kappa shape index (κ1) is 13.7. The molecule has 1 aromatic rings. The molecule has 5 heteroatoms. The van der Waals surface area contributed by atoms with Gasteiger partial charge in [-0.1, -0.05) is 11.8 Å². The highest BCUT2D eigenvalue weighted by molar-refractivity contribution is 8.12. The lowest BCUT2D eigenvalue weighted by molar-refractivity contribution is 0.241. The van der Waals surface area contributed by atoms with E-state index in [1.54, 1.807) is 33.2 Å². The molecule has 4 nitrogen and oxygen atoms in total. The van der Waals surface area contributed by atoms with E-state index in [9.17, 15) is 4.79 Å². The summed E-state index contributed by atoms with van der Waals surface area (Å²) in [4.78, 5) is 13.0. The van der Waals surface area contributed by atoms with Crippen LogP contribution in [-0.4, -0.2) is 38.5 Å². The van der Waals surface area contributed by atoms with Crippen molar-refractivity contribution >= 4 is 17.0 Å². The zero-order valence-electron chi connectivity index (χ0n) is 10.5. The van der Waals surface area contributed by atoms with Crippen LogP contribution in [0.25, 0.3) is 0 Å². The zero-order valence-corrected chi connectivity index (χ0v) is 11.3. The van der Waals surface area contributed by atoms with Crippen molar-refractivity contribution in [2.75, 3.05) is 28.3 Å². The third-order valence-electron chi connectivity index (χ3n) is 2.20. The quantitative estimate of drug-likeness (QED) is 0.829. The highest BCUT2D eigenvalue weighted by atomic mass is 32.2. The molecule has 0 saturated heterocycles. The van der Waals surface area contributed by atoms with Gasteiger partial charge >= 0.3 is 0 Å². The molecule has 0 spiro atoms. The number of nitrogens with zero attached hydrogens (tertiary/aromatic N) is 1. The molecule has 17 heavy (non-hydrogen) atoms. The Morgan fingerprint density at radius 3 is 2.53 bits per heavy atom. The molecule has 0 N–H and O–H groups in total. The average Bonchev–Trinajstić information content (AvgIpc) is 2.35. The fourth-order valence-corrected chi connectivity index (χ4v) is 2.03. The van der Waals surface area contributed by atoms with Crippen LogP contribution in [0, 0.1) is 0 Å². The van der Waals surface area contributed by atoms with Crippen LogP contribution in [0.2, 0.25) is 0 Å². The van der Waals surface area contributed by atoms with Gasteiger partial charge in [-0.05, 0) is 18.2 Å². The monoisotopic (exact) mass is 255 g/mol. The average molecular weight is 255 g/mol. The SMILES string of the molecule is COc1ccc(OC)c(CSC(=O)N(C)C)c1. The molecule has 1 aromatic carbocycles. The van der Waals surface area contributed by atoms with Crippen molar-refractivity contribution < 1.29 is 14.3 Å². The van der Waals surface area contributed by atoms with Crippen molar-refractivity contribution in [1.29, 1.82) is 0 Å². The zero-order chi connectivity index (χ0) is 12.8. The second-order valence-electron chi connectivity index (χ2n) is 3.63. The van der Waals surface area contributed by atoms with Crippen molar-refractivity contribution in [1.82, 2.24) is 4.90 Å². The molecule has 0 saturated carbocycles. The number of hydrogen-bond acceptors (Lipinski definition) is 4. The Morgan fingerprint density at radius 2 is 2.00 bits per heavy atom. The smallest absolute Gasteiger partial charge is 0.281 e. The number of ether oxygens (including phenoxy) is 2. The minimum absolute atomic E-state index is 0.0230. The van der Waals surface area contributed by atoms with Crippen molar-refractivity contribution in [3.05, 3.63) is 23.8 Å². The highest BCUT2D eigenvalue weighted by Gasteiger charge is 2.09. The van der Waals surface area contributed by atoms with E-state index >= 15 is 0 Å². The number of carbonyl (C=O) groups is 1. The third-order valence-corrected chi connectivity index (χ3v) is 3.27. The van der Waals surface area contributed by atoms with E-state index in [0.29, 0.717) is 5.75 Å². The maximum absolute atomic E-state index is 11.5. The number of methoxy groups -OCH3 is 2. The Labute approximate surface area is 106 Å². The van der Waals surface area contributed by atoms with Gasteiger partial charge in [0.05, 0.1) is 14.2 Å². The van der Waals surface area contributed by atoms with Crippen LogP contribution in [0.1, 0.15) is 5.56 Å². The van der Waals surface area contributed by atoms with E-state index in [1.807, 2.05) is 18.2 Å². The molecule has 0 unspecified atom stereocenters. The Bertz CT molecular complexity index is 393. The fraction of sp³-hybridized carbons (Fsp3) is 0.417. The standard InChI is InChI=1S/C12H17NO3S/c1-13(2)12(14)17-8-9-7-10(15-3)5-6-11(9)16-4/h5-7H,8H2,1-4H3. The van der Waals surface area contributed by atoms with Gasteiger partial charge in [-0.3, -0.25) is 4.79 Å². The van der Waals surface area contributed by atoms with Gasteiger partial charge in [0.2, 0.25) is 0 Å². The number of amides is 1. The molecule has 0 atom stereocenters. The van der Waals surface area contributed by atoms with Crippen LogP contribution in [0.4, 0.5) is 4.79 Å². The largest absolute Gasteiger partial charge is 0.497 e. The minimum atomic E-state index is 0.0230. The Hall–Kier alpha value is -1.36. The van der Waals surface area contributed by atoms with Crippen LogP contribution in [-0.2, 0) is 5.75 Å². The molecular formula is C12H17NO3S. The number of rotatable bonds is 4. The van der Waals surface area contributed by atoms with E-state index < -0.39 is 0 Å². The van der Waals surface area contributed by atoms with Crippen molar-refractivity contribution in [2.24, 2.45) is 0 Å². The summed E-state index contributed by atoms with van der Waals surface area (Å²) in [6.45, 7) is 0. The lowest BCUT2D eigenvalue weighted by Gasteiger charge is -2.12. The van der Waals surface area contributed by atoms with Crippen LogP contribution in [0.5, 0.6) is 11.5 Å². The minimum Gasteiger partial charge on any atom is -0.497 e. The van der Waals surface area contributed by atoms with E-state index in [0.717, 1.165) is 17.1 Å². The van der Waals surface area contributed by atoms with Gasteiger partial charge in [-0.2, -0.15) is 0 Å². The summed E-state index contributed by atoms with van der Waals surface area (Å²) in [7, 11) is 6.70. The summed E-state index contributed by atoms with van der Waals surface area (Å²) in [5.74, 6) is 2.10. The van der Waals surface area contributed by atoms with Crippen molar-refractivity contribution in [3.63, 3.8) is 0 Å². The summed E-state index contributed by atoms with van der Waals surface area (Å²) in [5.41, 5.74) is 0.951. The molecule has 0 aromatic heterocycles. The third kappa shape index (κ3) is 3.85. The highest BCUT2D eigenvalue weighted by Crippen LogP contribution is 2.28. The predicted molar refractivity (Wildman–Crippen MR) is 69.9 cm³/mol. The number of benzene rings is 1. The van der Waals surface area contributed by atoms with Gasteiger partial charge in [0, 0.05) is 25.4 Å². The van der Waals surface area contributed by atoms with Gasteiger partial charge in [-0.25, -0.2) is 0 Å². The first-order valence-corrected chi connectivity index (χ1v) is 6.12. The van der Waals surface area contributed by atoms with Crippen molar-refractivity contribution in [2.45, 2.75) is 5.75 Å². The van der Waals surface area contributed by atoms with Crippen LogP contribution in [0.15, 0.2) is 18.2 Å². The van der Waals surface area contributed by atoms with Gasteiger partial charge < -0.3 is 14.4 Å². The molecule has 0 aliphatic heterocycles.